The van der Waals surface area contributed by atoms with E-state index in [1.165, 1.54) is 11.4 Å². The normalized spacial score (nSPS) is 10.3. The van der Waals surface area contributed by atoms with Crippen LogP contribution in [0.1, 0.15) is 5.69 Å². The van der Waals surface area contributed by atoms with Crippen LogP contribution in [0.2, 0.25) is 0 Å². The van der Waals surface area contributed by atoms with Gasteiger partial charge in [0.15, 0.2) is 0 Å². The molecule has 0 bridgehead atoms. The first-order valence-electron chi connectivity index (χ1n) is 5.78. The zero-order chi connectivity index (χ0) is 12.3. The standard InChI is InChI=1S/C14H19N3/c1-16(2)13-7-4-6-12(10-13)15-11-14-8-5-9-17(14)3/h4-10,15H,11H2,1-3H3. The summed E-state index contributed by atoms with van der Waals surface area (Å²) in [6, 6.07) is 12.6. The van der Waals surface area contributed by atoms with Crippen LogP contribution in [0.25, 0.3) is 0 Å². The molecule has 2 aromatic rings. The summed E-state index contributed by atoms with van der Waals surface area (Å²) in [5.74, 6) is 0. The molecule has 0 atom stereocenters. The number of nitrogens with one attached hydrogen (secondary N) is 1. The highest BCUT2D eigenvalue weighted by atomic mass is 15.1. The molecule has 0 fully saturated rings. The van der Waals surface area contributed by atoms with Crippen molar-refractivity contribution in [3.8, 4) is 0 Å². The summed E-state index contributed by atoms with van der Waals surface area (Å²) in [6.07, 6.45) is 2.06. The second-order valence-electron chi connectivity index (χ2n) is 4.41. The average molecular weight is 229 g/mol. The summed E-state index contributed by atoms with van der Waals surface area (Å²) in [5.41, 5.74) is 3.64. The summed E-state index contributed by atoms with van der Waals surface area (Å²) >= 11 is 0. The quantitative estimate of drug-likeness (QED) is 0.870. The first-order valence-corrected chi connectivity index (χ1v) is 5.78. The first-order chi connectivity index (χ1) is 8.16. The highest BCUT2D eigenvalue weighted by molar-refractivity contribution is 5.57. The molecule has 90 valence electrons. The number of rotatable bonds is 4. The minimum atomic E-state index is 0.848. The van der Waals surface area contributed by atoms with E-state index >= 15 is 0 Å². The van der Waals surface area contributed by atoms with E-state index in [1.807, 2.05) is 0 Å². The number of anilines is 2. The minimum absolute atomic E-state index is 0.848. The van der Waals surface area contributed by atoms with Gasteiger partial charge in [-0.15, -0.1) is 0 Å². The van der Waals surface area contributed by atoms with E-state index in [4.69, 9.17) is 0 Å². The molecule has 1 aromatic carbocycles. The highest BCUT2D eigenvalue weighted by Gasteiger charge is 1.99. The van der Waals surface area contributed by atoms with Gasteiger partial charge in [-0.05, 0) is 30.3 Å². The second kappa shape index (κ2) is 4.95. The fraction of sp³-hybridized carbons (Fsp3) is 0.286. The third-order valence-corrected chi connectivity index (χ3v) is 2.89. The summed E-state index contributed by atoms with van der Waals surface area (Å²) in [4.78, 5) is 2.10. The van der Waals surface area contributed by atoms with Crippen molar-refractivity contribution in [3.63, 3.8) is 0 Å². The van der Waals surface area contributed by atoms with Crippen molar-refractivity contribution >= 4 is 11.4 Å². The van der Waals surface area contributed by atoms with Gasteiger partial charge in [-0.25, -0.2) is 0 Å². The Bertz CT molecular complexity index is 486. The van der Waals surface area contributed by atoms with Gasteiger partial charge in [0.1, 0.15) is 0 Å². The van der Waals surface area contributed by atoms with E-state index < -0.39 is 0 Å². The number of benzene rings is 1. The molecule has 0 unspecified atom stereocenters. The minimum Gasteiger partial charge on any atom is -0.379 e. The van der Waals surface area contributed by atoms with E-state index in [0.717, 1.165) is 12.2 Å². The Hall–Kier alpha value is -1.90. The third-order valence-electron chi connectivity index (χ3n) is 2.89. The van der Waals surface area contributed by atoms with Crippen LogP contribution >= 0.6 is 0 Å². The van der Waals surface area contributed by atoms with Crippen LogP contribution in [0.15, 0.2) is 42.6 Å². The van der Waals surface area contributed by atoms with E-state index in [-0.39, 0.29) is 0 Å². The van der Waals surface area contributed by atoms with Crippen LogP contribution in [-0.2, 0) is 13.6 Å². The molecule has 0 radical (unpaired) electrons. The van der Waals surface area contributed by atoms with E-state index in [9.17, 15) is 0 Å². The number of hydrogen-bond donors (Lipinski definition) is 1. The van der Waals surface area contributed by atoms with E-state index in [2.05, 4.69) is 78.5 Å². The van der Waals surface area contributed by atoms with Gasteiger partial charge in [0.2, 0.25) is 0 Å². The summed E-state index contributed by atoms with van der Waals surface area (Å²) in [6.45, 7) is 0.848. The molecular weight excluding hydrogens is 210 g/mol. The van der Waals surface area contributed by atoms with Gasteiger partial charge in [-0.2, -0.15) is 0 Å². The fourth-order valence-corrected chi connectivity index (χ4v) is 1.77. The van der Waals surface area contributed by atoms with E-state index in [1.54, 1.807) is 0 Å². The Morgan fingerprint density at radius 2 is 2.00 bits per heavy atom. The molecule has 0 amide bonds. The Morgan fingerprint density at radius 1 is 1.18 bits per heavy atom. The number of aryl methyl sites for hydroxylation is 1. The lowest BCUT2D eigenvalue weighted by atomic mass is 10.2. The van der Waals surface area contributed by atoms with Crippen molar-refractivity contribution in [1.82, 2.24) is 4.57 Å². The van der Waals surface area contributed by atoms with Gasteiger partial charge < -0.3 is 14.8 Å². The third kappa shape index (κ3) is 2.81. The lowest BCUT2D eigenvalue weighted by Gasteiger charge is -2.14. The molecule has 0 saturated heterocycles. The van der Waals surface area contributed by atoms with Gasteiger partial charge >= 0.3 is 0 Å². The lowest BCUT2D eigenvalue weighted by Crippen LogP contribution is -2.09. The zero-order valence-electron chi connectivity index (χ0n) is 10.6. The average Bonchev–Trinajstić information content (AvgIpc) is 2.72. The monoisotopic (exact) mass is 229 g/mol. The molecule has 3 heteroatoms. The molecule has 1 heterocycles. The van der Waals surface area contributed by atoms with Crippen molar-refractivity contribution in [2.45, 2.75) is 6.54 Å². The summed E-state index contributed by atoms with van der Waals surface area (Å²) in [7, 11) is 6.17. The molecule has 1 N–H and O–H groups in total. The molecule has 3 nitrogen and oxygen atoms in total. The van der Waals surface area contributed by atoms with Gasteiger partial charge in [-0.1, -0.05) is 6.07 Å². The molecule has 2 rings (SSSR count). The first kappa shape index (κ1) is 11.6. The zero-order valence-corrected chi connectivity index (χ0v) is 10.6. The molecule has 0 aliphatic rings. The number of hydrogen-bond acceptors (Lipinski definition) is 2. The molecular formula is C14H19N3. The SMILES string of the molecule is CN(C)c1cccc(NCc2cccn2C)c1. The Morgan fingerprint density at radius 3 is 2.65 bits per heavy atom. The van der Waals surface area contributed by atoms with Gasteiger partial charge in [0, 0.05) is 44.4 Å². The van der Waals surface area contributed by atoms with Crippen molar-refractivity contribution in [1.29, 1.82) is 0 Å². The highest BCUT2D eigenvalue weighted by Crippen LogP contribution is 2.17. The maximum Gasteiger partial charge on any atom is 0.0553 e. The predicted molar refractivity (Wildman–Crippen MR) is 73.5 cm³/mol. The predicted octanol–water partition coefficient (Wildman–Crippen LogP) is 2.70. The smallest absolute Gasteiger partial charge is 0.0553 e. The lowest BCUT2D eigenvalue weighted by molar-refractivity contribution is 0.842. The molecule has 17 heavy (non-hydrogen) atoms. The Balaban J connectivity index is 2.04. The summed E-state index contributed by atoms with van der Waals surface area (Å²) < 4.78 is 2.13. The largest absolute Gasteiger partial charge is 0.379 e. The molecule has 0 aliphatic carbocycles. The van der Waals surface area contributed by atoms with Crippen LogP contribution in [-0.4, -0.2) is 18.7 Å². The van der Waals surface area contributed by atoms with Crippen LogP contribution in [0.4, 0.5) is 11.4 Å². The summed E-state index contributed by atoms with van der Waals surface area (Å²) in [5, 5.41) is 3.44. The van der Waals surface area contributed by atoms with Crippen molar-refractivity contribution < 1.29 is 0 Å². The second-order valence-corrected chi connectivity index (χ2v) is 4.41. The fourth-order valence-electron chi connectivity index (χ4n) is 1.77. The maximum atomic E-state index is 3.44. The number of aromatic nitrogens is 1. The Labute approximate surface area is 103 Å². The maximum absolute atomic E-state index is 3.44. The van der Waals surface area contributed by atoms with Crippen LogP contribution < -0.4 is 10.2 Å². The molecule has 1 aromatic heterocycles. The van der Waals surface area contributed by atoms with Crippen molar-refractivity contribution in [2.75, 3.05) is 24.3 Å². The van der Waals surface area contributed by atoms with E-state index in [0.29, 0.717) is 0 Å². The topological polar surface area (TPSA) is 20.2 Å². The van der Waals surface area contributed by atoms with Gasteiger partial charge in [0.05, 0.1) is 6.54 Å². The van der Waals surface area contributed by atoms with Gasteiger partial charge in [-0.3, -0.25) is 0 Å². The van der Waals surface area contributed by atoms with Crippen LogP contribution in [0.3, 0.4) is 0 Å². The van der Waals surface area contributed by atoms with Crippen LogP contribution in [0.5, 0.6) is 0 Å². The van der Waals surface area contributed by atoms with Crippen molar-refractivity contribution in [3.05, 3.63) is 48.3 Å². The molecule has 0 aliphatic heterocycles. The van der Waals surface area contributed by atoms with Gasteiger partial charge in [0.25, 0.3) is 0 Å². The van der Waals surface area contributed by atoms with Crippen molar-refractivity contribution in [2.24, 2.45) is 7.05 Å². The number of nitrogens with zero attached hydrogens (tertiary/aromatic N) is 2. The molecule has 0 saturated carbocycles. The Kier molecular flexibility index (Phi) is 3.38. The van der Waals surface area contributed by atoms with Crippen LogP contribution in [0, 0.1) is 0 Å². The molecule has 0 spiro atoms.